The van der Waals surface area contributed by atoms with E-state index in [1.807, 2.05) is 50.2 Å². The number of hydrogen-bond donors (Lipinski definition) is 2. The van der Waals surface area contributed by atoms with Gasteiger partial charge in [0, 0.05) is 40.6 Å². The molecule has 2 heterocycles. The largest absolute Gasteiger partial charge is 0.497 e. The van der Waals surface area contributed by atoms with Crippen molar-refractivity contribution < 1.29 is 14.3 Å². The van der Waals surface area contributed by atoms with Gasteiger partial charge in [-0.3, -0.25) is 9.59 Å². The van der Waals surface area contributed by atoms with Crippen LogP contribution >= 0.6 is 0 Å². The topological polar surface area (TPSA) is 80.3 Å². The van der Waals surface area contributed by atoms with Crippen LogP contribution < -0.4 is 15.4 Å². The van der Waals surface area contributed by atoms with E-state index in [0.29, 0.717) is 23.4 Å². The van der Waals surface area contributed by atoms with Crippen LogP contribution in [0.25, 0.3) is 0 Å². The zero-order valence-corrected chi connectivity index (χ0v) is 17.4. The fourth-order valence-electron chi connectivity index (χ4n) is 4.21. The fourth-order valence-corrected chi connectivity index (χ4v) is 4.21. The van der Waals surface area contributed by atoms with Crippen LogP contribution in [0.3, 0.4) is 0 Å². The number of aromatic nitrogens is 1. The number of amides is 1. The second-order valence-electron chi connectivity index (χ2n) is 7.66. The summed E-state index contributed by atoms with van der Waals surface area (Å²) in [6.07, 6.45) is 2.13. The molecule has 6 nitrogen and oxygen atoms in total. The minimum Gasteiger partial charge on any atom is -0.497 e. The number of rotatable bonds is 4. The van der Waals surface area contributed by atoms with Crippen LogP contribution in [0.4, 0.5) is 5.82 Å². The molecular weight excluding hydrogens is 378 g/mol. The number of ether oxygens (including phenoxy) is 1. The number of carbonyl (C=O) groups is 2. The number of nitrogens with one attached hydrogen (secondary N) is 2. The number of methoxy groups -OCH3 is 1. The lowest BCUT2D eigenvalue weighted by molar-refractivity contribution is -0.116. The van der Waals surface area contributed by atoms with Gasteiger partial charge in [-0.05, 0) is 56.5 Å². The van der Waals surface area contributed by atoms with Gasteiger partial charge in [0.15, 0.2) is 5.78 Å². The number of dihydropyridines is 1. The SMILES string of the molecule is COc1ccc(C2C(C(=O)Nc3cccc(C)n3)=C(C)NC3=C2C(=O)CCC3)cc1. The van der Waals surface area contributed by atoms with E-state index in [2.05, 4.69) is 15.6 Å². The van der Waals surface area contributed by atoms with Crippen molar-refractivity contribution in [2.75, 3.05) is 12.4 Å². The van der Waals surface area contributed by atoms with Crippen LogP contribution in [-0.4, -0.2) is 23.8 Å². The molecule has 0 radical (unpaired) electrons. The Morgan fingerprint density at radius 3 is 2.60 bits per heavy atom. The van der Waals surface area contributed by atoms with Gasteiger partial charge in [-0.2, -0.15) is 0 Å². The molecule has 6 heteroatoms. The predicted molar refractivity (Wildman–Crippen MR) is 115 cm³/mol. The Hall–Kier alpha value is -3.41. The Kier molecular flexibility index (Phi) is 5.40. The number of allylic oxidation sites excluding steroid dienone is 3. The van der Waals surface area contributed by atoms with Gasteiger partial charge in [-0.15, -0.1) is 0 Å². The number of nitrogens with zero attached hydrogens (tertiary/aromatic N) is 1. The highest BCUT2D eigenvalue weighted by Crippen LogP contribution is 2.42. The van der Waals surface area contributed by atoms with Crippen molar-refractivity contribution >= 4 is 17.5 Å². The second kappa shape index (κ2) is 8.14. The fraction of sp³-hybridized carbons (Fsp3) is 0.292. The molecule has 2 N–H and O–H groups in total. The first kappa shape index (κ1) is 19.9. The Bertz CT molecular complexity index is 1070. The first-order valence-corrected chi connectivity index (χ1v) is 10.1. The second-order valence-corrected chi connectivity index (χ2v) is 7.66. The van der Waals surface area contributed by atoms with Gasteiger partial charge in [-0.1, -0.05) is 18.2 Å². The third-order valence-electron chi connectivity index (χ3n) is 5.60. The summed E-state index contributed by atoms with van der Waals surface area (Å²) in [5.41, 5.74) is 4.63. The minimum atomic E-state index is -0.426. The summed E-state index contributed by atoms with van der Waals surface area (Å²) >= 11 is 0. The van der Waals surface area contributed by atoms with Crippen molar-refractivity contribution in [3.8, 4) is 5.75 Å². The molecule has 1 aromatic heterocycles. The zero-order chi connectivity index (χ0) is 21.3. The number of aryl methyl sites for hydroxylation is 1. The summed E-state index contributed by atoms with van der Waals surface area (Å²) in [6.45, 7) is 3.76. The zero-order valence-electron chi connectivity index (χ0n) is 17.4. The molecule has 1 atom stereocenters. The average Bonchev–Trinajstić information content (AvgIpc) is 2.73. The summed E-state index contributed by atoms with van der Waals surface area (Å²) < 4.78 is 5.28. The van der Waals surface area contributed by atoms with Crippen LogP contribution in [0.5, 0.6) is 5.75 Å². The molecule has 1 aliphatic carbocycles. The van der Waals surface area contributed by atoms with E-state index < -0.39 is 5.92 Å². The van der Waals surface area contributed by atoms with Crippen LogP contribution in [0.15, 0.2) is 65.0 Å². The number of anilines is 1. The lowest BCUT2D eigenvalue weighted by atomic mass is 9.75. The first-order valence-electron chi connectivity index (χ1n) is 10.1. The Morgan fingerprint density at radius 1 is 1.13 bits per heavy atom. The highest BCUT2D eigenvalue weighted by Gasteiger charge is 2.38. The molecule has 2 aromatic rings. The molecule has 0 saturated heterocycles. The Labute approximate surface area is 176 Å². The number of Topliss-reactive ketones (excluding diaryl/α,β-unsaturated/α-hetero) is 1. The first-order chi connectivity index (χ1) is 14.5. The molecule has 1 aliphatic heterocycles. The minimum absolute atomic E-state index is 0.0936. The summed E-state index contributed by atoms with van der Waals surface area (Å²) in [5, 5.41) is 6.24. The lowest BCUT2D eigenvalue weighted by Gasteiger charge is -2.34. The third-order valence-corrected chi connectivity index (χ3v) is 5.60. The molecule has 0 bridgehead atoms. The normalized spacial score (nSPS) is 18.6. The van der Waals surface area contributed by atoms with E-state index in [9.17, 15) is 9.59 Å². The van der Waals surface area contributed by atoms with E-state index in [4.69, 9.17) is 4.74 Å². The van der Waals surface area contributed by atoms with Crippen molar-refractivity contribution in [2.45, 2.75) is 39.0 Å². The van der Waals surface area contributed by atoms with Crippen LogP contribution in [0.1, 0.15) is 43.4 Å². The maximum Gasteiger partial charge on any atom is 0.255 e. The molecule has 154 valence electrons. The highest BCUT2D eigenvalue weighted by atomic mass is 16.5. The van der Waals surface area contributed by atoms with Crippen LogP contribution in [0, 0.1) is 6.92 Å². The molecule has 0 spiro atoms. The molecule has 1 unspecified atom stereocenters. The van der Waals surface area contributed by atoms with Crippen LogP contribution in [-0.2, 0) is 9.59 Å². The van der Waals surface area contributed by atoms with Gasteiger partial charge >= 0.3 is 0 Å². The summed E-state index contributed by atoms with van der Waals surface area (Å²) in [6, 6.07) is 13.1. The number of ketones is 1. The monoisotopic (exact) mass is 403 g/mol. The van der Waals surface area contributed by atoms with E-state index in [1.165, 1.54) is 0 Å². The van der Waals surface area contributed by atoms with E-state index in [0.717, 1.165) is 41.2 Å². The molecule has 30 heavy (non-hydrogen) atoms. The van der Waals surface area contributed by atoms with Crippen molar-refractivity contribution in [3.05, 3.63) is 76.3 Å². The summed E-state index contributed by atoms with van der Waals surface area (Å²) in [4.78, 5) is 30.7. The quantitative estimate of drug-likeness (QED) is 0.806. The van der Waals surface area contributed by atoms with Crippen LogP contribution in [0.2, 0.25) is 0 Å². The molecule has 2 aliphatic rings. The Morgan fingerprint density at radius 2 is 1.90 bits per heavy atom. The van der Waals surface area contributed by atoms with Gasteiger partial charge < -0.3 is 15.4 Å². The molecular formula is C24H25N3O3. The number of pyridine rings is 1. The van der Waals surface area contributed by atoms with E-state index in [-0.39, 0.29) is 11.7 Å². The average molecular weight is 403 g/mol. The van der Waals surface area contributed by atoms with Crippen molar-refractivity contribution in [3.63, 3.8) is 0 Å². The number of hydrogen-bond acceptors (Lipinski definition) is 5. The molecule has 1 aromatic carbocycles. The lowest BCUT2D eigenvalue weighted by Crippen LogP contribution is -2.35. The third kappa shape index (κ3) is 3.73. The summed E-state index contributed by atoms with van der Waals surface area (Å²) in [7, 11) is 1.61. The van der Waals surface area contributed by atoms with Crippen molar-refractivity contribution in [1.29, 1.82) is 0 Å². The Balaban J connectivity index is 1.77. The standard InChI is InChI=1S/C24H25N3O3/c1-14-6-4-9-20(25-14)27-24(29)21-15(2)26-18-7-5-8-19(28)23(18)22(21)16-10-12-17(30-3)13-11-16/h4,6,9-13,22,26H,5,7-8H2,1-3H3,(H,25,27,29). The van der Waals surface area contributed by atoms with Gasteiger partial charge in [0.05, 0.1) is 7.11 Å². The molecule has 0 saturated carbocycles. The maximum atomic E-state index is 13.4. The summed E-state index contributed by atoms with van der Waals surface area (Å²) in [5.74, 6) is 0.626. The van der Waals surface area contributed by atoms with E-state index >= 15 is 0 Å². The molecule has 4 rings (SSSR count). The van der Waals surface area contributed by atoms with Gasteiger partial charge in [0.2, 0.25) is 0 Å². The number of carbonyl (C=O) groups excluding carboxylic acids is 2. The van der Waals surface area contributed by atoms with E-state index in [1.54, 1.807) is 13.2 Å². The van der Waals surface area contributed by atoms with Gasteiger partial charge in [-0.25, -0.2) is 4.98 Å². The predicted octanol–water partition coefficient (Wildman–Crippen LogP) is 4.01. The van der Waals surface area contributed by atoms with Gasteiger partial charge in [0.25, 0.3) is 5.91 Å². The van der Waals surface area contributed by atoms with Gasteiger partial charge in [0.1, 0.15) is 11.6 Å². The number of benzene rings is 1. The maximum absolute atomic E-state index is 13.4. The smallest absolute Gasteiger partial charge is 0.255 e. The van der Waals surface area contributed by atoms with Crippen molar-refractivity contribution in [2.24, 2.45) is 0 Å². The highest BCUT2D eigenvalue weighted by molar-refractivity contribution is 6.09. The molecule has 1 amide bonds. The van der Waals surface area contributed by atoms with Crippen molar-refractivity contribution in [1.82, 2.24) is 10.3 Å². The molecule has 0 fully saturated rings.